The highest BCUT2D eigenvalue weighted by atomic mass is 19.4. The minimum absolute atomic E-state index is 0.0199. The number of rotatable bonds is 7. The highest BCUT2D eigenvalue weighted by Gasteiger charge is 2.32. The molecule has 0 saturated carbocycles. The van der Waals surface area contributed by atoms with Crippen molar-refractivity contribution in [3.63, 3.8) is 0 Å². The van der Waals surface area contributed by atoms with E-state index >= 15 is 0 Å². The average Bonchev–Trinajstić information content (AvgIpc) is 2.14. The monoisotopic (exact) mass is 257 g/mol. The molecule has 0 aromatic heterocycles. The summed E-state index contributed by atoms with van der Waals surface area (Å²) in [6.45, 7) is -2.41. The Balaban J connectivity index is 4.19. The second kappa shape index (κ2) is 7.10. The Bertz CT molecular complexity index is 267. The Morgan fingerprint density at radius 3 is 2.18 bits per heavy atom. The molecule has 5 nitrogen and oxygen atoms in total. The third-order valence-corrected chi connectivity index (χ3v) is 1.87. The topological polar surface area (TPSA) is 77.8 Å². The standard InChI is InChI=1S/C9H14F3NO4/c10-9(11,12)6-13(4-5-14)7(15)2-1-3-8(16)17/h14H,1-6H2,(H,16,17). The number of carbonyl (C=O) groups is 2. The van der Waals surface area contributed by atoms with Crippen LogP contribution in [0.1, 0.15) is 19.3 Å². The number of alkyl halides is 3. The largest absolute Gasteiger partial charge is 0.481 e. The maximum absolute atomic E-state index is 12.1. The number of hydrogen-bond acceptors (Lipinski definition) is 3. The van der Waals surface area contributed by atoms with Gasteiger partial charge in [0.2, 0.25) is 5.91 Å². The molecule has 8 heteroatoms. The zero-order valence-electron chi connectivity index (χ0n) is 9.03. The van der Waals surface area contributed by atoms with Crippen LogP contribution in [0.15, 0.2) is 0 Å². The summed E-state index contributed by atoms with van der Waals surface area (Å²) in [6, 6.07) is 0. The average molecular weight is 257 g/mol. The first-order valence-electron chi connectivity index (χ1n) is 4.93. The van der Waals surface area contributed by atoms with Crippen molar-refractivity contribution in [1.82, 2.24) is 4.90 Å². The van der Waals surface area contributed by atoms with Crippen LogP contribution in [0.25, 0.3) is 0 Å². The minimum Gasteiger partial charge on any atom is -0.481 e. The Hall–Kier alpha value is -1.31. The van der Waals surface area contributed by atoms with Gasteiger partial charge in [-0.2, -0.15) is 13.2 Å². The third kappa shape index (κ3) is 8.49. The lowest BCUT2D eigenvalue weighted by Crippen LogP contribution is -2.40. The van der Waals surface area contributed by atoms with Crippen LogP contribution in [0.4, 0.5) is 13.2 Å². The van der Waals surface area contributed by atoms with Gasteiger partial charge in [0.15, 0.2) is 0 Å². The van der Waals surface area contributed by atoms with Gasteiger partial charge >= 0.3 is 12.1 Å². The molecule has 0 aromatic carbocycles. The van der Waals surface area contributed by atoms with Crippen molar-refractivity contribution in [3.05, 3.63) is 0 Å². The number of aliphatic hydroxyl groups excluding tert-OH is 1. The van der Waals surface area contributed by atoms with Gasteiger partial charge in [-0.05, 0) is 6.42 Å². The van der Waals surface area contributed by atoms with E-state index in [0.29, 0.717) is 4.90 Å². The van der Waals surface area contributed by atoms with E-state index in [2.05, 4.69) is 0 Å². The summed E-state index contributed by atoms with van der Waals surface area (Å²) in [5.74, 6) is -1.92. The van der Waals surface area contributed by atoms with Gasteiger partial charge in [0.1, 0.15) is 6.54 Å². The van der Waals surface area contributed by atoms with Crippen LogP contribution in [0, 0.1) is 0 Å². The van der Waals surface area contributed by atoms with Crippen LogP contribution in [-0.2, 0) is 9.59 Å². The molecule has 0 spiro atoms. The normalized spacial score (nSPS) is 11.3. The smallest absolute Gasteiger partial charge is 0.406 e. The number of carbonyl (C=O) groups excluding carboxylic acids is 1. The molecule has 0 aliphatic rings. The van der Waals surface area contributed by atoms with Crippen LogP contribution in [0.2, 0.25) is 0 Å². The molecule has 0 fully saturated rings. The Labute approximate surface area is 95.8 Å². The molecule has 1 amide bonds. The van der Waals surface area contributed by atoms with Gasteiger partial charge in [-0.3, -0.25) is 9.59 Å². The number of carboxylic acid groups (broad SMARTS) is 1. The zero-order valence-corrected chi connectivity index (χ0v) is 9.03. The highest BCUT2D eigenvalue weighted by Crippen LogP contribution is 2.17. The first-order valence-corrected chi connectivity index (χ1v) is 4.93. The zero-order chi connectivity index (χ0) is 13.5. The number of aliphatic hydroxyl groups is 1. The van der Waals surface area contributed by atoms with Crippen molar-refractivity contribution in [2.75, 3.05) is 19.7 Å². The van der Waals surface area contributed by atoms with Gasteiger partial charge < -0.3 is 15.1 Å². The summed E-state index contributed by atoms with van der Waals surface area (Å²) in [6.07, 6.45) is -5.10. The Morgan fingerprint density at radius 2 is 1.76 bits per heavy atom. The first-order chi connectivity index (χ1) is 7.76. The Kier molecular flexibility index (Phi) is 6.55. The van der Waals surface area contributed by atoms with Crippen LogP contribution in [0.3, 0.4) is 0 Å². The second-order valence-electron chi connectivity index (χ2n) is 3.40. The van der Waals surface area contributed by atoms with Crippen molar-refractivity contribution < 1.29 is 33.0 Å². The number of nitrogens with zero attached hydrogens (tertiary/aromatic N) is 1. The molecule has 0 rings (SSSR count). The van der Waals surface area contributed by atoms with E-state index in [4.69, 9.17) is 10.2 Å². The van der Waals surface area contributed by atoms with Crippen LogP contribution < -0.4 is 0 Å². The van der Waals surface area contributed by atoms with E-state index in [9.17, 15) is 22.8 Å². The fourth-order valence-corrected chi connectivity index (χ4v) is 1.18. The van der Waals surface area contributed by atoms with Crippen molar-refractivity contribution >= 4 is 11.9 Å². The van der Waals surface area contributed by atoms with E-state index in [1.807, 2.05) is 0 Å². The summed E-state index contributed by atoms with van der Waals surface area (Å²) in [5.41, 5.74) is 0. The first kappa shape index (κ1) is 15.7. The lowest BCUT2D eigenvalue weighted by atomic mass is 10.2. The quantitative estimate of drug-likeness (QED) is 0.701. The van der Waals surface area contributed by atoms with Gasteiger partial charge in [-0.25, -0.2) is 0 Å². The Morgan fingerprint density at radius 1 is 1.18 bits per heavy atom. The number of halogens is 3. The molecule has 0 radical (unpaired) electrons. The van der Waals surface area contributed by atoms with Gasteiger partial charge in [-0.1, -0.05) is 0 Å². The second-order valence-corrected chi connectivity index (χ2v) is 3.40. The molecule has 17 heavy (non-hydrogen) atoms. The fraction of sp³-hybridized carbons (Fsp3) is 0.778. The van der Waals surface area contributed by atoms with E-state index in [-0.39, 0.29) is 19.3 Å². The maximum Gasteiger partial charge on any atom is 0.406 e. The van der Waals surface area contributed by atoms with Crippen molar-refractivity contribution in [2.45, 2.75) is 25.4 Å². The molecule has 0 aliphatic carbocycles. The number of hydrogen-bond donors (Lipinski definition) is 2. The molecule has 0 saturated heterocycles. The summed E-state index contributed by atoms with van der Waals surface area (Å²) >= 11 is 0. The van der Waals surface area contributed by atoms with Crippen molar-refractivity contribution in [3.8, 4) is 0 Å². The number of aliphatic carboxylic acids is 1. The maximum atomic E-state index is 12.1. The third-order valence-electron chi connectivity index (χ3n) is 1.87. The molecular formula is C9H14F3NO4. The van der Waals surface area contributed by atoms with E-state index < -0.39 is 37.7 Å². The van der Waals surface area contributed by atoms with Crippen molar-refractivity contribution in [2.24, 2.45) is 0 Å². The molecule has 0 aliphatic heterocycles. The van der Waals surface area contributed by atoms with Crippen LogP contribution in [-0.4, -0.2) is 52.9 Å². The summed E-state index contributed by atoms with van der Waals surface area (Å²) < 4.78 is 36.2. The number of carboxylic acids is 1. The van der Waals surface area contributed by atoms with E-state index in [0.717, 1.165) is 0 Å². The lowest BCUT2D eigenvalue weighted by molar-refractivity contribution is -0.162. The predicted octanol–water partition coefficient (Wildman–Crippen LogP) is 0.624. The van der Waals surface area contributed by atoms with Gasteiger partial charge in [0.25, 0.3) is 0 Å². The fourth-order valence-electron chi connectivity index (χ4n) is 1.18. The molecule has 0 atom stereocenters. The van der Waals surface area contributed by atoms with Gasteiger partial charge in [-0.15, -0.1) is 0 Å². The molecule has 0 unspecified atom stereocenters. The van der Waals surface area contributed by atoms with Crippen LogP contribution >= 0.6 is 0 Å². The summed E-state index contributed by atoms with van der Waals surface area (Å²) in [5, 5.41) is 16.9. The molecule has 2 N–H and O–H groups in total. The highest BCUT2D eigenvalue weighted by molar-refractivity contribution is 5.77. The van der Waals surface area contributed by atoms with E-state index in [1.165, 1.54) is 0 Å². The molecular weight excluding hydrogens is 243 g/mol. The molecule has 100 valence electrons. The molecule has 0 bridgehead atoms. The summed E-state index contributed by atoms with van der Waals surface area (Å²) in [4.78, 5) is 21.9. The van der Waals surface area contributed by atoms with Gasteiger partial charge in [0, 0.05) is 19.4 Å². The SMILES string of the molecule is O=C(O)CCCC(=O)N(CCO)CC(F)(F)F. The van der Waals surface area contributed by atoms with E-state index in [1.54, 1.807) is 0 Å². The number of amides is 1. The van der Waals surface area contributed by atoms with Crippen molar-refractivity contribution in [1.29, 1.82) is 0 Å². The molecule has 0 aromatic rings. The minimum atomic E-state index is -4.53. The van der Waals surface area contributed by atoms with Crippen LogP contribution in [0.5, 0.6) is 0 Å². The lowest BCUT2D eigenvalue weighted by Gasteiger charge is -2.22. The predicted molar refractivity (Wildman–Crippen MR) is 51.2 cm³/mol. The summed E-state index contributed by atoms with van der Waals surface area (Å²) in [7, 11) is 0. The molecule has 0 heterocycles. The van der Waals surface area contributed by atoms with Gasteiger partial charge in [0.05, 0.1) is 6.61 Å².